The third kappa shape index (κ3) is 7.49. The van der Waals surface area contributed by atoms with E-state index in [9.17, 15) is 40.3 Å². The lowest BCUT2D eigenvalue weighted by Gasteiger charge is -2.27. The molecular weight excluding hydrogens is 525 g/mol. The van der Waals surface area contributed by atoms with Crippen molar-refractivity contribution in [1.82, 2.24) is 0 Å². The van der Waals surface area contributed by atoms with Crippen LogP contribution in [0, 0.1) is 5.92 Å². The van der Waals surface area contributed by atoms with Crippen LogP contribution in [0.3, 0.4) is 0 Å². The Balaban J connectivity index is 1.94. The van der Waals surface area contributed by atoms with Crippen molar-refractivity contribution >= 4 is 23.5 Å². The van der Waals surface area contributed by atoms with Gasteiger partial charge in [-0.3, -0.25) is 4.79 Å². The first-order chi connectivity index (χ1) is 16.5. The van der Waals surface area contributed by atoms with Crippen LogP contribution in [0.4, 0.5) is 30.7 Å². The van der Waals surface area contributed by atoms with E-state index >= 15 is 0 Å². The minimum Gasteiger partial charge on any atom is -0.487 e. The van der Waals surface area contributed by atoms with Crippen molar-refractivity contribution in [3.63, 3.8) is 0 Å². The second-order valence-electron chi connectivity index (χ2n) is 7.97. The molecule has 0 saturated carbocycles. The molecule has 2 rings (SSSR count). The van der Waals surface area contributed by atoms with Gasteiger partial charge in [-0.1, -0.05) is 13.8 Å². The molecule has 0 amide bonds. The van der Waals surface area contributed by atoms with E-state index in [1.807, 2.05) is 13.8 Å². The molecule has 5 nitrogen and oxygen atoms in total. The van der Waals surface area contributed by atoms with E-state index in [-0.39, 0.29) is 23.0 Å². The van der Waals surface area contributed by atoms with Gasteiger partial charge in [-0.15, -0.1) is 11.6 Å². The highest BCUT2D eigenvalue weighted by Gasteiger charge is 2.73. The highest BCUT2D eigenvalue weighted by molar-refractivity contribution is 6.30. The predicted octanol–water partition coefficient (Wildman–Crippen LogP) is 6.68. The average Bonchev–Trinajstić information content (AvgIpc) is 2.78. The van der Waals surface area contributed by atoms with Gasteiger partial charge in [0.15, 0.2) is 6.61 Å². The number of carbonyl (C=O) groups is 2. The van der Waals surface area contributed by atoms with Crippen LogP contribution >= 0.6 is 11.6 Å². The summed E-state index contributed by atoms with van der Waals surface area (Å²) in [5.41, 5.74) is -0.107. The molecule has 13 heteroatoms. The summed E-state index contributed by atoms with van der Waals surface area (Å²) in [6, 6.07) is 9.26. The summed E-state index contributed by atoms with van der Waals surface area (Å²) < 4.78 is 104. The second kappa shape index (κ2) is 11.4. The molecule has 0 radical (unpaired) electrons. The number of hydrogen-bond acceptors (Lipinski definition) is 5. The quantitative estimate of drug-likeness (QED) is 0.145. The predicted molar refractivity (Wildman–Crippen MR) is 114 cm³/mol. The van der Waals surface area contributed by atoms with Crippen LogP contribution in [0.25, 0.3) is 0 Å². The smallest absolute Gasteiger partial charge is 0.460 e. The Morgan fingerprint density at radius 1 is 0.806 bits per heavy atom. The number of halogens is 8. The third-order valence-electron chi connectivity index (χ3n) is 4.51. The topological polar surface area (TPSA) is 61.8 Å². The zero-order valence-electron chi connectivity index (χ0n) is 18.8. The fourth-order valence-electron chi connectivity index (χ4n) is 2.59. The Kier molecular flexibility index (Phi) is 9.22. The molecule has 0 aliphatic heterocycles. The molecule has 36 heavy (non-hydrogen) atoms. The van der Waals surface area contributed by atoms with Crippen molar-refractivity contribution in [3.05, 3.63) is 54.1 Å². The summed E-state index contributed by atoms with van der Waals surface area (Å²) in [6.45, 7) is 1.54. The van der Waals surface area contributed by atoms with E-state index in [1.165, 1.54) is 24.3 Å². The van der Waals surface area contributed by atoms with Crippen LogP contribution in [-0.2, 0) is 4.79 Å². The lowest BCUT2D eigenvalue weighted by molar-refractivity contribution is -0.358. The Bertz CT molecular complexity index is 1040. The van der Waals surface area contributed by atoms with E-state index < -0.39 is 47.7 Å². The number of benzene rings is 2. The monoisotopic (exact) mass is 544 g/mol. The van der Waals surface area contributed by atoms with Crippen LogP contribution in [-0.4, -0.2) is 41.9 Å². The van der Waals surface area contributed by atoms with Crippen LogP contribution in [0.2, 0.25) is 0 Å². The molecule has 1 unspecified atom stereocenters. The number of carbonyl (C=O) groups excluding carboxylic acids is 2. The van der Waals surface area contributed by atoms with Crippen LogP contribution in [0.15, 0.2) is 48.5 Å². The largest absolute Gasteiger partial charge is 0.487 e. The number of hydrogen-bond donors (Lipinski definition) is 0. The van der Waals surface area contributed by atoms with Gasteiger partial charge in [-0.25, -0.2) is 4.79 Å². The summed E-state index contributed by atoms with van der Waals surface area (Å²) in [5, 5.41) is -0.832. The first kappa shape index (κ1) is 29.2. The summed E-state index contributed by atoms with van der Waals surface area (Å²) in [6.07, 6.45) is -6.05. The number of esters is 2. The SMILES string of the molecule is CC(C)CC(Cl)C(=O)Oc1ccc(OC(=O)c2ccc(OCC(F)(F)C(F)(F)C(F)(F)F)cc2)cc1. The molecule has 0 bridgehead atoms. The molecule has 0 N–H and O–H groups in total. The van der Waals surface area contributed by atoms with Crippen molar-refractivity contribution in [2.75, 3.05) is 6.61 Å². The van der Waals surface area contributed by atoms with Gasteiger partial charge in [0.2, 0.25) is 0 Å². The fourth-order valence-corrected chi connectivity index (χ4v) is 2.99. The molecule has 0 aliphatic rings. The van der Waals surface area contributed by atoms with Gasteiger partial charge in [0, 0.05) is 0 Å². The van der Waals surface area contributed by atoms with E-state index in [1.54, 1.807) is 0 Å². The van der Waals surface area contributed by atoms with Gasteiger partial charge >= 0.3 is 30.0 Å². The van der Waals surface area contributed by atoms with Gasteiger partial charge in [0.05, 0.1) is 5.56 Å². The van der Waals surface area contributed by atoms with E-state index in [2.05, 4.69) is 4.74 Å². The Morgan fingerprint density at radius 3 is 1.75 bits per heavy atom. The molecule has 0 aromatic heterocycles. The van der Waals surface area contributed by atoms with Crippen molar-refractivity contribution < 1.29 is 54.5 Å². The van der Waals surface area contributed by atoms with Crippen molar-refractivity contribution in [3.8, 4) is 17.2 Å². The third-order valence-corrected chi connectivity index (χ3v) is 4.87. The Labute approximate surface area is 206 Å². The maximum absolute atomic E-state index is 13.3. The minimum atomic E-state index is -6.46. The van der Waals surface area contributed by atoms with Gasteiger partial charge < -0.3 is 14.2 Å². The lowest BCUT2D eigenvalue weighted by atomic mass is 10.1. The molecule has 1 atom stereocenters. The van der Waals surface area contributed by atoms with Crippen molar-refractivity contribution in [2.24, 2.45) is 5.92 Å². The van der Waals surface area contributed by atoms with Gasteiger partial charge in [0.25, 0.3) is 0 Å². The Morgan fingerprint density at radius 2 is 1.28 bits per heavy atom. The van der Waals surface area contributed by atoms with E-state index in [0.29, 0.717) is 6.42 Å². The van der Waals surface area contributed by atoms with Crippen molar-refractivity contribution in [2.45, 2.75) is 43.7 Å². The molecule has 0 saturated heterocycles. The van der Waals surface area contributed by atoms with Gasteiger partial charge in [-0.2, -0.15) is 30.7 Å². The first-order valence-electron chi connectivity index (χ1n) is 10.3. The molecule has 0 spiro atoms. The van der Waals surface area contributed by atoms with E-state index in [0.717, 1.165) is 24.3 Å². The van der Waals surface area contributed by atoms with Gasteiger partial charge in [0.1, 0.15) is 22.6 Å². The summed E-state index contributed by atoms with van der Waals surface area (Å²) in [7, 11) is 0. The molecular formula is C23H20ClF7O5. The van der Waals surface area contributed by atoms with Crippen molar-refractivity contribution in [1.29, 1.82) is 0 Å². The molecule has 2 aromatic rings. The fraction of sp³-hybridized carbons (Fsp3) is 0.391. The van der Waals surface area contributed by atoms with Crippen LogP contribution in [0.5, 0.6) is 17.2 Å². The summed E-state index contributed by atoms with van der Waals surface area (Å²) in [4.78, 5) is 24.2. The normalized spacial score (nSPS) is 13.3. The second-order valence-corrected chi connectivity index (χ2v) is 8.50. The zero-order valence-corrected chi connectivity index (χ0v) is 19.5. The number of rotatable bonds is 10. The van der Waals surface area contributed by atoms with Gasteiger partial charge in [-0.05, 0) is 60.9 Å². The van der Waals surface area contributed by atoms with E-state index in [4.69, 9.17) is 21.1 Å². The summed E-state index contributed by atoms with van der Waals surface area (Å²) in [5.74, 6) is -13.5. The number of ether oxygens (including phenoxy) is 3. The molecule has 0 heterocycles. The number of alkyl halides is 8. The standard InChI is InChI=1S/C23H20ClF7O5/c1-13(2)11-18(24)20(33)36-17-9-7-16(8-10-17)35-19(32)14-3-5-15(6-4-14)34-12-21(25,26)22(27,28)23(29,30)31/h3-10,13,18H,11-12H2,1-2H3. The molecule has 0 aliphatic carbocycles. The highest BCUT2D eigenvalue weighted by Crippen LogP contribution is 2.46. The summed E-state index contributed by atoms with van der Waals surface area (Å²) >= 11 is 5.97. The maximum Gasteiger partial charge on any atom is 0.460 e. The molecule has 198 valence electrons. The molecule has 0 fully saturated rings. The zero-order chi connectivity index (χ0) is 27.3. The maximum atomic E-state index is 13.3. The average molecular weight is 545 g/mol. The molecule has 2 aromatic carbocycles. The van der Waals surface area contributed by atoms with Crippen LogP contribution in [0.1, 0.15) is 30.6 Å². The highest BCUT2D eigenvalue weighted by atomic mass is 35.5. The first-order valence-corrected chi connectivity index (χ1v) is 10.7. The minimum absolute atomic E-state index is 0.0544. The van der Waals surface area contributed by atoms with Crippen LogP contribution < -0.4 is 14.2 Å². The lowest BCUT2D eigenvalue weighted by Crippen LogP contribution is -2.54. The Hall–Kier alpha value is -3.02.